The fourth-order valence-corrected chi connectivity index (χ4v) is 3.19. The summed E-state index contributed by atoms with van der Waals surface area (Å²) in [5, 5.41) is 0.612. The molecule has 1 aliphatic carbocycles. The van der Waals surface area contributed by atoms with E-state index in [1.54, 1.807) is 12.1 Å². The number of hydrogen-bond donors (Lipinski definition) is 0. The number of halogens is 1. The number of fused-ring (bicyclic) bond motifs is 1. The topological polar surface area (TPSA) is 39.4 Å². The zero-order chi connectivity index (χ0) is 14.9. The van der Waals surface area contributed by atoms with Gasteiger partial charge in [0.25, 0.3) is 0 Å². The van der Waals surface area contributed by atoms with Crippen LogP contribution < -0.4 is 0 Å². The van der Waals surface area contributed by atoms with E-state index in [9.17, 15) is 9.18 Å². The Balaban J connectivity index is 1.97. The molecule has 3 rings (SSSR count). The number of benzene rings is 1. The molecule has 0 bridgehead atoms. The molecule has 0 amide bonds. The molecule has 1 aromatic heterocycles. The van der Waals surface area contributed by atoms with Crippen LogP contribution in [0.15, 0.2) is 28.7 Å². The first kappa shape index (κ1) is 14.3. The molecule has 0 aliphatic heterocycles. The molecular formula is C17H19FO3. The Morgan fingerprint density at radius 1 is 1.29 bits per heavy atom. The monoisotopic (exact) mass is 290 g/mol. The molecule has 0 spiro atoms. The van der Waals surface area contributed by atoms with Crippen molar-refractivity contribution in [3.63, 3.8) is 0 Å². The van der Waals surface area contributed by atoms with Crippen LogP contribution in [0.3, 0.4) is 0 Å². The molecule has 1 fully saturated rings. The summed E-state index contributed by atoms with van der Waals surface area (Å²) in [6.45, 7) is 2.40. The van der Waals surface area contributed by atoms with Crippen molar-refractivity contribution in [2.45, 2.75) is 44.6 Å². The second kappa shape index (κ2) is 5.60. The van der Waals surface area contributed by atoms with Crippen molar-refractivity contribution in [2.75, 3.05) is 6.61 Å². The second-order valence-electron chi connectivity index (χ2n) is 5.61. The van der Waals surface area contributed by atoms with Crippen molar-refractivity contribution in [2.24, 2.45) is 0 Å². The average Bonchev–Trinajstić information content (AvgIpc) is 2.90. The molecule has 21 heavy (non-hydrogen) atoms. The molecule has 0 N–H and O–H groups in total. The molecule has 1 saturated carbocycles. The van der Waals surface area contributed by atoms with E-state index in [2.05, 4.69) is 0 Å². The smallest absolute Gasteiger partial charge is 0.229 e. The summed E-state index contributed by atoms with van der Waals surface area (Å²) in [6.07, 6.45) is 4.56. The molecule has 0 saturated heterocycles. The molecule has 0 atom stereocenters. The lowest BCUT2D eigenvalue weighted by Crippen LogP contribution is -2.43. The van der Waals surface area contributed by atoms with Gasteiger partial charge in [-0.3, -0.25) is 4.79 Å². The van der Waals surface area contributed by atoms with Crippen LogP contribution in [0.1, 0.15) is 49.6 Å². The Morgan fingerprint density at radius 3 is 2.76 bits per heavy atom. The summed E-state index contributed by atoms with van der Waals surface area (Å²) in [5.41, 5.74) is -0.235. The van der Waals surface area contributed by atoms with Crippen LogP contribution in [0.25, 0.3) is 11.0 Å². The predicted molar refractivity (Wildman–Crippen MR) is 77.9 cm³/mol. The predicted octanol–water partition coefficient (Wildman–Crippen LogP) is 4.49. The van der Waals surface area contributed by atoms with Crippen LogP contribution in [0, 0.1) is 5.82 Å². The van der Waals surface area contributed by atoms with E-state index < -0.39 is 5.60 Å². The third-order valence-electron chi connectivity index (χ3n) is 4.20. The SMILES string of the molecule is CCOC1(C(=O)c2cc3cc(F)ccc3o2)CCCCC1. The second-order valence-corrected chi connectivity index (χ2v) is 5.61. The highest BCUT2D eigenvalue weighted by molar-refractivity contribution is 6.03. The van der Waals surface area contributed by atoms with Gasteiger partial charge in [0.1, 0.15) is 17.0 Å². The van der Waals surface area contributed by atoms with E-state index >= 15 is 0 Å². The van der Waals surface area contributed by atoms with Gasteiger partial charge in [0.05, 0.1) is 0 Å². The minimum absolute atomic E-state index is 0.111. The first-order valence-electron chi connectivity index (χ1n) is 7.52. The lowest BCUT2D eigenvalue weighted by molar-refractivity contribution is -0.0424. The normalized spacial score (nSPS) is 18.0. The third-order valence-corrected chi connectivity index (χ3v) is 4.20. The number of carbonyl (C=O) groups is 1. The van der Waals surface area contributed by atoms with E-state index in [0.717, 1.165) is 32.1 Å². The molecular weight excluding hydrogens is 271 g/mol. The van der Waals surface area contributed by atoms with Crippen LogP contribution in [-0.2, 0) is 4.74 Å². The molecule has 1 heterocycles. The quantitative estimate of drug-likeness (QED) is 0.779. The highest BCUT2D eigenvalue weighted by Gasteiger charge is 2.42. The Bertz CT molecular complexity index is 648. The van der Waals surface area contributed by atoms with Gasteiger partial charge in [0.2, 0.25) is 5.78 Å². The van der Waals surface area contributed by atoms with Crippen LogP contribution in [0.2, 0.25) is 0 Å². The summed E-state index contributed by atoms with van der Waals surface area (Å²) in [4.78, 5) is 12.9. The van der Waals surface area contributed by atoms with Crippen LogP contribution in [0.4, 0.5) is 4.39 Å². The molecule has 0 unspecified atom stereocenters. The Morgan fingerprint density at radius 2 is 2.05 bits per heavy atom. The summed E-state index contributed by atoms with van der Waals surface area (Å²) < 4.78 is 24.7. The summed E-state index contributed by atoms with van der Waals surface area (Å²) >= 11 is 0. The third kappa shape index (κ3) is 2.60. The van der Waals surface area contributed by atoms with Crippen molar-refractivity contribution in [3.8, 4) is 0 Å². The molecule has 0 radical (unpaired) electrons. The average molecular weight is 290 g/mol. The van der Waals surface area contributed by atoms with Crippen molar-refractivity contribution < 1.29 is 18.3 Å². The fourth-order valence-electron chi connectivity index (χ4n) is 3.19. The highest BCUT2D eigenvalue weighted by atomic mass is 19.1. The highest BCUT2D eigenvalue weighted by Crippen LogP contribution is 2.36. The summed E-state index contributed by atoms with van der Waals surface area (Å²) in [6, 6.07) is 5.88. The Labute approximate surface area is 123 Å². The molecule has 3 nitrogen and oxygen atoms in total. The van der Waals surface area contributed by atoms with Crippen LogP contribution >= 0.6 is 0 Å². The van der Waals surface area contributed by atoms with Gasteiger partial charge in [-0.25, -0.2) is 4.39 Å². The van der Waals surface area contributed by atoms with Gasteiger partial charge in [0.15, 0.2) is 5.76 Å². The van der Waals surface area contributed by atoms with Crippen molar-refractivity contribution in [3.05, 3.63) is 35.8 Å². The Kier molecular flexibility index (Phi) is 3.81. The number of furan rings is 1. The van der Waals surface area contributed by atoms with E-state index in [-0.39, 0.29) is 17.4 Å². The maximum atomic E-state index is 13.2. The minimum Gasteiger partial charge on any atom is -0.453 e. The van der Waals surface area contributed by atoms with Gasteiger partial charge < -0.3 is 9.15 Å². The maximum absolute atomic E-state index is 13.2. The van der Waals surface area contributed by atoms with Gasteiger partial charge in [-0.15, -0.1) is 0 Å². The number of ether oxygens (including phenoxy) is 1. The number of Topliss-reactive ketones (excluding diaryl/α,β-unsaturated/α-hetero) is 1. The standard InChI is InChI=1S/C17H19FO3/c1-2-20-17(8-4-3-5-9-17)16(19)15-11-12-10-13(18)6-7-14(12)21-15/h6-7,10-11H,2-5,8-9H2,1H3. The number of carbonyl (C=O) groups excluding carboxylic acids is 1. The van der Waals surface area contributed by atoms with Crippen LogP contribution in [0.5, 0.6) is 0 Å². The Hall–Kier alpha value is -1.68. The largest absolute Gasteiger partial charge is 0.453 e. The van der Waals surface area contributed by atoms with Gasteiger partial charge in [-0.05, 0) is 44.0 Å². The van der Waals surface area contributed by atoms with Crippen molar-refractivity contribution in [1.29, 1.82) is 0 Å². The number of ketones is 1. The van der Waals surface area contributed by atoms with E-state index in [1.807, 2.05) is 6.92 Å². The first-order chi connectivity index (χ1) is 10.1. The van der Waals surface area contributed by atoms with E-state index in [0.29, 0.717) is 17.6 Å². The summed E-state index contributed by atoms with van der Waals surface area (Å²) in [5.74, 6) is -0.175. The van der Waals surface area contributed by atoms with Gasteiger partial charge >= 0.3 is 0 Å². The fraction of sp³-hybridized carbons (Fsp3) is 0.471. The lowest BCUT2D eigenvalue weighted by Gasteiger charge is -2.34. The van der Waals surface area contributed by atoms with Crippen molar-refractivity contribution in [1.82, 2.24) is 0 Å². The van der Waals surface area contributed by atoms with Gasteiger partial charge in [0, 0.05) is 12.0 Å². The molecule has 2 aromatic rings. The number of rotatable bonds is 4. The van der Waals surface area contributed by atoms with Crippen LogP contribution in [-0.4, -0.2) is 18.0 Å². The molecule has 4 heteroatoms. The zero-order valence-electron chi connectivity index (χ0n) is 12.2. The molecule has 1 aromatic carbocycles. The minimum atomic E-state index is -0.764. The van der Waals surface area contributed by atoms with Gasteiger partial charge in [-0.2, -0.15) is 0 Å². The van der Waals surface area contributed by atoms with Gasteiger partial charge in [-0.1, -0.05) is 19.3 Å². The van der Waals surface area contributed by atoms with E-state index in [4.69, 9.17) is 9.15 Å². The maximum Gasteiger partial charge on any atom is 0.229 e. The number of hydrogen-bond acceptors (Lipinski definition) is 3. The molecule has 1 aliphatic rings. The molecule has 112 valence electrons. The lowest BCUT2D eigenvalue weighted by atomic mass is 9.80. The first-order valence-corrected chi connectivity index (χ1v) is 7.52. The van der Waals surface area contributed by atoms with E-state index in [1.165, 1.54) is 12.1 Å². The zero-order valence-corrected chi connectivity index (χ0v) is 12.2. The summed E-state index contributed by atoms with van der Waals surface area (Å²) in [7, 11) is 0. The van der Waals surface area contributed by atoms with Crippen molar-refractivity contribution >= 4 is 16.8 Å².